The fraction of sp³-hybridized carbons (Fsp3) is 0.500. The van der Waals surface area contributed by atoms with E-state index in [2.05, 4.69) is 5.32 Å². The largest absolute Gasteiger partial charge is 0.479 e. The van der Waals surface area contributed by atoms with E-state index in [1.807, 2.05) is 0 Å². The van der Waals surface area contributed by atoms with Gasteiger partial charge in [0.05, 0.1) is 0 Å². The maximum atomic E-state index is 12.7. The van der Waals surface area contributed by atoms with Crippen LogP contribution >= 0.6 is 0 Å². The van der Waals surface area contributed by atoms with E-state index >= 15 is 0 Å². The molecule has 0 aromatic heterocycles. The van der Waals surface area contributed by atoms with Crippen LogP contribution in [0.1, 0.15) is 19.3 Å². The average molecular weight is 310 g/mol. The maximum absolute atomic E-state index is 12.7. The zero-order chi connectivity index (χ0) is 14.9. The van der Waals surface area contributed by atoms with Crippen molar-refractivity contribution in [1.29, 1.82) is 0 Å². The van der Waals surface area contributed by atoms with Crippen molar-refractivity contribution in [1.82, 2.24) is 9.62 Å². The number of nitrogens with zero attached hydrogens (tertiary/aromatic N) is 1. The highest BCUT2D eigenvalue weighted by Gasteiger charge is 2.32. The SMILES string of the molecule is O=C1NCC[C@@H]1Oc1ccccc1S(=O)(=O)N1CCCC1. The van der Waals surface area contributed by atoms with E-state index in [1.54, 1.807) is 18.2 Å². The Labute approximate surface area is 124 Å². The van der Waals surface area contributed by atoms with Crippen LogP contribution in [0.5, 0.6) is 5.75 Å². The second-order valence-electron chi connectivity index (χ2n) is 5.24. The highest BCUT2D eigenvalue weighted by molar-refractivity contribution is 7.89. The van der Waals surface area contributed by atoms with E-state index < -0.39 is 16.1 Å². The van der Waals surface area contributed by atoms with Crippen molar-refractivity contribution in [3.8, 4) is 5.75 Å². The summed E-state index contributed by atoms with van der Waals surface area (Å²) in [6, 6.07) is 6.53. The Morgan fingerprint density at radius 1 is 1.19 bits per heavy atom. The van der Waals surface area contributed by atoms with Gasteiger partial charge in [-0.3, -0.25) is 4.79 Å². The first-order valence-electron chi connectivity index (χ1n) is 7.12. The number of hydrogen-bond acceptors (Lipinski definition) is 4. The molecule has 0 unspecified atom stereocenters. The van der Waals surface area contributed by atoms with Crippen molar-refractivity contribution >= 4 is 15.9 Å². The minimum atomic E-state index is -3.55. The molecule has 1 amide bonds. The molecule has 0 aliphatic carbocycles. The van der Waals surface area contributed by atoms with Gasteiger partial charge in [-0.15, -0.1) is 0 Å². The Bertz CT molecular complexity index is 638. The van der Waals surface area contributed by atoms with E-state index in [0.717, 1.165) is 12.8 Å². The molecule has 21 heavy (non-hydrogen) atoms. The first kappa shape index (κ1) is 14.3. The van der Waals surface area contributed by atoms with Gasteiger partial charge in [0.2, 0.25) is 10.0 Å². The molecule has 1 atom stereocenters. The molecule has 1 aromatic rings. The molecule has 2 saturated heterocycles. The zero-order valence-corrected chi connectivity index (χ0v) is 12.4. The van der Waals surface area contributed by atoms with Gasteiger partial charge in [-0.05, 0) is 25.0 Å². The van der Waals surface area contributed by atoms with Gasteiger partial charge in [0.15, 0.2) is 6.10 Å². The third kappa shape index (κ3) is 2.75. The van der Waals surface area contributed by atoms with E-state index in [-0.39, 0.29) is 16.6 Å². The predicted octanol–water partition coefficient (Wildman–Crippen LogP) is 0.738. The summed E-state index contributed by atoms with van der Waals surface area (Å²) in [5.74, 6) is 0.0647. The van der Waals surface area contributed by atoms with Gasteiger partial charge in [0.25, 0.3) is 5.91 Å². The number of rotatable bonds is 4. The van der Waals surface area contributed by atoms with Crippen LogP contribution in [0.15, 0.2) is 29.2 Å². The standard InChI is InChI=1S/C14H18N2O4S/c17-14-12(7-8-15-14)20-11-5-1-2-6-13(11)21(18,19)16-9-3-4-10-16/h1-2,5-6,12H,3-4,7-10H2,(H,15,17)/t12-/m0/s1. The lowest BCUT2D eigenvalue weighted by molar-refractivity contribution is -0.125. The van der Waals surface area contributed by atoms with Crippen LogP contribution in [0.4, 0.5) is 0 Å². The Hall–Kier alpha value is -1.60. The average Bonchev–Trinajstić information content (AvgIpc) is 3.12. The van der Waals surface area contributed by atoms with Gasteiger partial charge in [0, 0.05) is 26.1 Å². The second kappa shape index (κ2) is 5.65. The molecule has 1 N–H and O–H groups in total. The molecule has 1 aromatic carbocycles. The quantitative estimate of drug-likeness (QED) is 0.890. The first-order valence-corrected chi connectivity index (χ1v) is 8.56. The van der Waals surface area contributed by atoms with Crippen molar-refractivity contribution in [3.63, 3.8) is 0 Å². The molecular formula is C14H18N2O4S. The summed E-state index contributed by atoms with van der Waals surface area (Å²) in [6.45, 7) is 1.64. The van der Waals surface area contributed by atoms with Crippen LogP contribution in [-0.4, -0.2) is 44.4 Å². The lowest BCUT2D eigenvalue weighted by atomic mass is 10.3. The molecular weight excluding hydrogens is 292 g/mol. The topological polar surface area (TPSA) is 75.7 Å². The summed E-state index contributed by atoms with van der Waals surface area (Å²) in [5, 5.41) is 2.68. The first-order chi connectivity index (χ1) is 10.1. The Kier molecular flexibility index (Phi) is 3.86. The van der Waals surface area contributed by atoms with Gasteiger partial charge < -0.3 is 10.1 Å². The lowest BCUT2D eigenvalue weighted by Gasteiger charge is -2.19. The molecule has 2 fully saturated rings. The number of carbonyl (C=O) groups excluding carboxylic acids is 1. The Morgan fingerprint density at radius 2 is 1.90 bits per heavy atom. The van der Waals surface area contributed by atoms with Crippen molar-refractivity contribution in [2.75, 3.05) is 19.6 Å². The number of ether oxygens (including phenoxy) is 1. The van der Waals surface area contributed by atoms with Crippen LogP contribution in [0.2, 0.25) is 0 Å². The molecule has 0 bridgehead atoms. The molecule has 2 aliphatic heterocycles. The second-order valence-corrected chi connectivity index (χ2v) is 7.15. The Morgan fingerprint density at radius 3 is 2.57 bits per heavy atom. The molecule has 2 heterocycles. The van der Waals surface area contributed by atoms with Crippen LogP contribution in [0.3, 0.4) is 0 Å². The van der Waals surface area contributed by atoms with Gasteiger partial charge in [0.1, 0.15) is 10.6 Å². The smallest absolute Gasteiger partial charge is 0.261 e. The fourth-order valence-electron chi connectivity index (χ4n) is 2.67. The van der Waals surface area contributed by atoms with Gasteiger partial charge >= 0.3 is 0 Å². The molecule has 0 radical (unpaired) electrons. The summed E-state index contributed by atoms with van der Waals surface area (Å²) in [7, 11) is -3.55. The third-order valence-electron chi connectivity index (χ3n) is 3.80. The lowest BCUT2D eigenvalue weighted by Crippen LogP contribution is -2.30. The molecule has 0 saturated carbocycles. The van der Waals surface area contributed by atoms with Crippen LogP contribution in [0.25, 0.3) is 0 Å². The number of carbonyl (C=O) groups is 1. The van der Waals surface area contributed by atoms with E-state index in [1.165, 1.54) is 10.4 Å². The normalized spacial score (nSPS) is 23.2. The van der Waals surface area contributed by atoms with Crippen molar-refractivity contribution < 1.29 is 17.9 Å². The maximum Gasteiger partial charge on any atom is 0.261 e. The number of hydrogen-bond donors (Lipinski definition) is 1. The minimum absolute atomic E-state index is 0.145. The van der Waals surface area contributed by atoms with Crippen molar-refractivity contribution in [2.24, 2.45) is 0 Å². The molecule has 114 valence electrons. The molecule has 3 rings (SSSR count). The summed E-state index contributed by atoms with van der Waals surface area (Å²) in [6.07, 6.45) is 1.71. The number of amides is 1. The number of nitrogens with one attached hydrogen (secondary N) is 1. The molecule has 0 spiro atoms. The number of para-hydroxylation sites is 1. The molecule has 7 heteroatoms. The minimum Gasteiger partial charge on any atom is -0.479 e. The van der Waals surface area contributed by atoms with E-state index in [4.69, 9.17) is 4.74 Å². The molecule has 2 aliphatic rings. The third-order valence-corrected chi connectivity index (χ3v) is 5.74. The molecule has 6 nitrogen and oxygen atoms in total. The summed E-state index contributed by atoms with van der Waals surface area (Å²) in [4.78, 5) is 11.7. The summed E-state index contributed by atoms with van der Waals surface area (Å²) in [5.41, 5.74) is 0. The van der Waals surface area contributed by atoms with Crippen LogP contribution < -0.4 is 10.1 Å². The predicted molar refractivity (Wildman–Crippen MR) is 76.5 cm³/mol. The fourth-order valence-corrected chi connectivity index (χ4v) is 4.30. The number of benzene rings is 1. The van der Waals surface area contributed by atoms with Crippen LogP contribution in [-0.2, 0) is 14.8 Å². The van der Waals surface area contributed by atoms with Crippen molar-refractivity contribution in [3.05, 3.63) is 24.3 Å². The van der Waals surface area contributed by atoms with E-state index in [9.17, 15) is 13.2 Å². The van der Waals surface area contributed by atoms with Gasteiger partial charge in [-0.1, -0.05) is 12.1 Å². The Balaban J connectivity index is 1.90. The van der Waals surface area contributed by atoms with E-state index in [0.29, 0.717) is 26.1 Å². The summed E-state index contributed by atoms with van der Waals surface area (Å²) < 4.78 is 32.4. The highest BCUT2D eigenvalue weighted by Crippen LogP contribution is 2.30. The monoisotopic (exact) mass is 310 g/mol. The summed E-state index contributed by atoms with van der Waals surface area (Å²) >= 11 is 0. The van der Waals surface area contributed by atoms with Gasteiger partial charge in [-0.2, -0.15) is 4.31 Å². The zero-order valence-electron chi connectivity index (χ0n) is 11.6. The number of sulfonamides is 1. The van der Waals surface area contributed by atoms with Gasteiger partial charge in [-0.25, -0.2) is 8.42 Å². The van der Waals surface area contributed by atoms with Crippen LogP contribution in [0, 0.1) is 0 Å². The highest BCUT2D eigenvalue weighted by atomic mass is 32.2. The van der Waals surface area contributed by atoms with Crippen molar-refractivity contribution in [2.45, 2.75) is 30.3 Å².